The third-order valence-electron chi connectivity index (χ3n) is 5.08. The number of hydrogen-bond donors (Lipinski definition) is 0. The van der Waals surface area contributed by atoms with Gasteiger partial charge in [0.05, 0.1) is 13.7 Å². The highest BCUT2D eigenvalue weighted by Crippen LogP contribution is 2.33. The average molecular weight is 348 g/mol. The molecular formula is C21H24N4O. The summed E-state index contributed by atoms with van der Waals surface area (Å²) >= 11 is 0. The summed E-state index contributed by atoms with van der Waals surface area (Å²) in [6.07, 6.45) is 5.77. The standard InChI is InChI=1S/C21H24N4O/c1-26-21-10-9-17(12-19(21)14-25-16-22-15-23-25)13-24-11-5-8-20(24)18-6-3-2-4-7-18/h2-4,6-7,9-10,12,15-16,20H,5,8,11,13-14H2,1H3/t20-/m1/s1. The van der Waals surface area contributed by atoms with Crippen molar-refractivity contribution in [1.82, 2.24) is 19.7 Å². The van der Waals surface area contributed by atoms with Crippen LogP contribution in [0.2, 0.25) is 0 Å². The summed E-state index contributed by atoms with van der Waals surface area (Å²) in [5, 5.41) is 4.21. The molecule has 0 N–H and O–H groups in total. The number of hydrogen-bond acceptors (Lipinski definition) is 4. The summed E-state index contributed by atoms with van der Waals surface area (Å²) in [4.78, 5) is 6.61. The fraction of sp³-hybridized carbons (Fsp3) is 0.333. The first kappa shape index (κ1) is 16.8. The van der Waals surface area contributed by atoms with Crippen molar-refractivity contribution in [2.45, 2.75) is 32.0 Å². The van der Waals surface area contributed by atoms with E-state index >= 15 is 0 Å². The molecule has 0 unspecified atom stereocenters. The summed E-state index contributed by atoms with van der Waals surface area (Å²) in [6.45, 7) is 2.76. The Morgan fingerprint density at radius 3 is 2.77 bits per heavy atom. The summed E-state index contributed by atoms with van der Waals surface area (Å²) in [6, 6.07) is 17.8. The molecule has 1 aliphatic heterocycles. The van der Waals surface area contributed by atoms with Crippen LogP contribution in [0.1, 0.15) is 35.6 Å². The van der Waals surface area contributed by atoms with Crippen LogP contribution in [0.3, 0.4) is 0 Å². The number of benzene rings is 2. The van der Waals surface area contributed by atoms with Gasteiger partial charge >= 0.3 is 0 Å². The van der Waals surface area contributed by atoms with Crippen LogP contribution in [-0.2, 0) is 13.1 Å². The Kier molecular flexibility index (Phi) is 4.97. The molecule has 2 heterocycles. The SMILES string of the molecule is COc1ccc(CN2CCC[C@@H]2c2ccccc2)cc1Cn1cncn1. The first-order valence-electron chi connectivity index (χ1n) is 9.10. The zero-order valence-electron chi connectivity index (χ0n) is 15.1. The van der Waals surface area contributed by atoms with E-state index in [0.29, 0.717) is 12.6 Å². The molecule has 0 radical (unpaired) electrons. The van der Waals surface area contributed by atoms with Gasteiger partial charge in [-0.05, 0) is 42.6 Å². The molecule has 3 aromatic rings. The average Bonchev–Trinajstić information content (AvgIpc) is 3.35. The van der Waals surface area contributed by atoms with Crippen LogP contribution >= 0.6 is 0 Å². The van der Waals surface area contributed by atoms with Crippen molar-refractivity contribution in [3.05, 3.63) is 77.9 Å². The van der Waals surface area contributed by atoms with Crippen molar-refractivity contribution in [1.29, 1.82) is 0 Å². The Labute approximate surface area is 154 Å². The van der Waals surface area contributed by atoms with Gasteiger partial charge in [-0.15, -0.1) is 0 Å². The maximum atomic E-state index is 5.53. The van der Waals surface area contributed by atoms with E-state index in [-0.39, 0.29) is 0 Å². The Hall–Kier alpha value is -2.66. The van der Waals surface area contributed by atoms with Crippen molar-refractivity contribution < 1.29 is 4.74 Å². The number of nitrogens with zero attached hydrogens (tertiary/aromatic N) is 4. The number of methoxy groups -OCH3 is 1. The Balaban J connectivity index is 1.54. The summed E-state index contributed by atoms with van der Waals surface area (Å²) in [5.41, 5.74) is 3.86. The predicted octanol–water partition coefficient (Wildman–Crippen LogP) is 3.67. The molecule has 0 amide bonds. The molecule has 0 spiro atoms. The van der Waals surface area contributed by atoms with Crippen molar-refractivity contribution in [2.75, 3.05) is 13.7 Å². The molecule has 1 saturated heterocycles. The molecule has 4 rings (SSSR count). The molecule has 1 atom stereocenters. The van der Waals surface area contributed by atoms with Gasteiger partial charge in [0.25, 0.3) is 0 Å². The number of aromatic nitrogens is 3. The van der Waals surface area contributed by atoms with Crippen LogP contribution in [0, 0.1) is 0 Å². The third kappa shape index (κ3) is 3.63. The van der Waals surface area contributed by atoms with Gasteiger partial charge in [-0.25, -0.2) is 9.67 Å². The van der Waals surface area contributed by atoms with E-state index in [1.165, 1.54) is 24.0 Å². The normalized spacial score (nSPS) is 17.5. The van der Waals surface area contributed by atoms with Crippen LogP contribution < -0.4 is 4.74 Å². The van der Waals surface area contributed by atoms with Crippen LogP contribution in [0.4, 0.5) is 0 Å². The lowest BCUT2D eigenvalue weighted by Gasteiger charge is -2.25. The van der Waals surface area contributed by atoms with Crippen LogP contribution in [0.5, 0.6) is 5.75 Å². The van der Waals surface area contributed by atoms with Gasteiger partial charge in [0.1, 0.15) is 18.4 Å². The van der Waals surface area contributed by atoms with Crippen molar-refractivity contribution in [2.24, 2.45) is 0 Å². The number of likely N-dealkylation sites (tertiary alicyclic amines) is 1. The highest BCUT2D eigenvalue weighted by molar-refractivity contribution is 5.37. The molecule has 1 aliphatic rings. The zero-order chi connectivity index (χ0) is 17.8. The van der Waals surface area contributed by atoms with Gasteiger partial charge in [0.2, 0.25) is 0 Å². The molecule has 5 nitrogen and oxygen atoms in total. The predicted molar refractivity (Wildman–Crippen MR) is 101 cm³/mol. The lowest BCUT2D eigenvalue weighted by atomic mass is 10.0. The van der Waals surface area contributed by atoms with Gasteiger partial charge in [-0.3, -0.25) is 4.90 Å². The van der Waals surface area contributed by atoms with Crippen LogP contribution in [-0.4, -0.2) is 33.3 Å². The molecule has 26 heavy (non-hydrogen) atoms. The topological polar surface area (TPSA) is 43.2 Å². The minimum atomic E-state index is 0.511. The minimum absolute atomic E-state index is 0.511. The molecular weight excluding hydrogens is 324 g/mol. The van der Waals surface area contributed by atoms with Gasteiger partial charge in [-0.2, -0.15) is 5.10 Å². The maximum Gasteiger partial charge on any atom is 0.137 e. The van der Waals surface area contributed by atoms with Crippen molar-refractivity contribution in [3.63, 3.8) is 0 Å². The number of rotatable bonds is 6. The summed E-state index contributed by atoms with van der Waals surface area (Å²) < 4.78 is 7.36. The second-order valence-corrected chi connectivity index (χ2v) is 6.78. The molecule has 2 aromatic carbocycles. The first-order chi connectivity index (χ1) is 12.8. The van der Waals surface area contributed by atoms with E-state index in [2.05, 4.69) is 63.5 Å². The fourth-order valence-electron chi connectivity index (χ4n) is 3.85. The van der Waals surface area contributed by atoms with E-state index in [1.807, 2.05) is 4.68 Å². The van der Waals surface area contributed by atoms with Crippen LogP contribution in [0.15, 0.2) is 61.2 Å². The van der Waals surface area contributed by atoms with Crippen LogP contribution in [0.25, 0.3) is 0 Å². The molecule has 134 valence electrons. The van der Waals surface area contributed by atoms with E-state index in [9.17, 15) is 0 Å². The first-order valence-corrected chi connectivity index (χ1v) is 9.10. The lowest BCUT2D eigenvalue weighted by molar-refractivity contribution is 0.248. The fourth-order valence-corrected chi connectivity index (χ4v) is 3.85. The second-order valence-electron chi connectivity index (χ2n) is 6.78. The highest BCUT2D eigenvalue weighted by atomic mass is 16.5. The van der Waals surface area contributed by atoms with Gasteiger partial charge < -0.3 is 4.74 Å². The van der Waals surface area contributed by atoms with Crippen molar-refractivity contribution >= 4 is 0 Å². The maximum absolute atomic E-state index is 5.53. The molecule has 0 bridgehead atoms. The second kappa shape index (κ2) is 7.70. The summed E-state index contributed by atoms with van der Waals surface area (Å²) in [5.74, 6) is 0.894. The molecule has 1 aromatic heterocycles. The third-order valence-corrected chi connectivity index (χ3v) is 5.08. The zero-order valence-corrected chi connectivity index (χ0v) is 15.1. The van der Waals surface area contributed by atoms with E-state index in [4.69, 9.17) is 4.74 Å². The van der Waals surface area contributed by atoms with Gasteiger partial charge in [-0.1, -0.05) is 36.4 Å². The molecule has 1 fully saturated rings. The lowest BCUT2D eigenvalue weighted by Crippen LogP contribution is -2.22. The Bertz CT molecular complexity index is 832. The molecule has 0 aliphatic carbocycles. The van der Waals surface area contributed by atoms with E-state index < -0.39 is 0 Å². The van der Waals surface area contributed by atoms with Gasteiger partial charge in [0.15, 0.2) is 0 Å². The molecule has 0 saturated carbocycles. The quantitative estimate of drug-likeness (QED) is 0.682. The summed E-state index contributed by atoms with van der Waals surface area (Å²) in [7, 11) is 1.71. The Morgan fingerprint density at radius 2 is 2.00 bits per heavy atom. The highest BCUT2D eigenvalue weighted by Gasteiger charge is 2.25. The van der Waals surface area contributed by atoms with Gasteiger partial charge in [0, 0.05) is 18.2 Å². The number of ether oxygens (including phenoxy) is 1. The molecule has 5 heteroatoms. The van der Waals surface area contributed by atoms with E-state index in [0.717, 1.165) is 24.4 Å². The Morgan fingerprint density at radius 1 is 1.12 bits per heavy atom. The monoisotopic (exact) mass is 348 g/mol. The minimum Gasteiger partial charge on any atom is -0.496 e. The van der Waals surface area contributed by atoms with Crippen molar-refractivity contribution in [3.8, 4) is 5.75 Å². The largest absolute Gasteiger partial charge is 0.496 e. The van der Waals surface area contributed by atoms with E-state index in [1.54, 1.807) is 19.8 Å². The smallest absolute Gasteiger partial charge is 0.137 e.